The predicted octanol–water partition coefficient (Wildman–Crippen LogP) is 4.54. The van der Waals surface area contributed by atoms with E-state index in [0.29, 0.717) is 23.5 Å². The molecule has 0 radical (unpaired) electrons. The van der Waals surface area contributed by atoms with Crippen molar-refractivity contribution in [2.75, 3.05) is 11.9 Å². The van der Waals surface area contributed by atoms with Crippen molar-refractivity contribution in [1.82, 2.24) is 9.88 Å². The molecule has 0 saturated heterocycles. The zero-order valence-corrected chi connectivity index (χ0v) is 17.8. The summed E-state index contributed by atoms with van der Waals surface area (Å²) >= 11 is 0. The van der Waals surface area contributed by atoms with Crippen molar-refractivity contribution in [3.05, 3.63) is 95.4 Å². The van der Waals surface area contributed by atoms with Crippen molar-refractivity contribution in [1.29, 1.82) is 0 Å². The first-order chi connectivity index (χ1) is 16.0. The van der Waals surface area contributed by atoms with E-state index in [1.165, 1.54) is 6.07 Å². The van der Waals surface area contributed by atoms with E-state index in [4.69, 9.17) is 4.74 Å². The van der Waals surface area contributed by atoms with Gasteiger partial charge in [-0.05, 0) is 47.9 Å². The molecule has 3 aromatic rings. The molecule has 0 saturated carbocycles. The van der Waals surface area contributed by atoms with Gasteiger partial charge in [-0.15, -0.1) is 0 Å². The molecule has 0 aliphatic carbocycles. The fourth-order valence-corrected chi connectivity index (χ4v) is 3.43. The van der Waals surface area contributed by atoms with Crippen LogP contribution in [0.5, 0.6) is 5.75 Å². The molecule has 2 amide bonds. The summed E-state index contributed by atoms with van der Waals surface area (Å²) in [5.41, 5.74) is 1.44. The molecule has 1 N–H and O–H groups in total. The Morgan fingerprint density at radius 2 is 1.79 bits per heavy atom. The number of ether oxygens (including phenoxy) is 1. The van der Waals surface area contributed by atoms with Crippen molar-refractivity contribution in [2.24, 2.45) is 0 Å². The van der Waals surface area contributed by atoms with Gasteiger partial charge in [-0.25, -0.2) is 8.78 Å². The first kappa shape index (κ1) is 22.1. The zero-order valence-electron chi connectivity index (χ0n) is 17.8. The van der Waals surface area contributed by atoms with Gasteiger partial charge in [-0.2, -0.15) is 0 Å². The van der Waals surface area contributed by atoms with Gasteiger partial charge in [0.2, 0.25) is 0 Å². The molecule has 0 fully saturated rings. The Labute approximate surface area is 189 Å². The van der Waals surface area contributed by atoms with E-state index in [1.807, 2.05) is 6.92 Å². The van der Waals surface area contributed by atoms with Crippen LogP contribution in [0.4, 0.5) is 14.5 Å². The number of carbonyl (C=O) groups is 2. The normalized spacial score (nSPS) is 13.6. The lowest BCUT2D eigenvalue weighted by Crippen LogP contribution is -2.32. The van der Waals surface area contributed by atoms with Crippen LogP contribution in [0.3, 0.4) is 0 Å². The van der Waals surface area contributed by atoms with Crippen molar-refractivity contribution >= 4 is 23.1 Å². The lowest BCUT2D eigenvalue weighted by molar-refractivity contribution is -0.137. The number of nitrogens with zero attached hydrogens (tertiary/aromatic N) is 2. The average Bonchev–Trinajstić information content (AvgIpc) is 3.05. The molecule has 2 heterocycles. The molecule has 6 nitrogen and oxygen atoms in total. The minimum Gasteiger partial charge on any atom is -0.494 e. The second-order valence-electron chi connectivity index (χ2n) is 7.43. The van der Waals surface area contributed by atoms with Crippen LogP contribution in [-0.4, -0.2) is 28.3 Å². The number of benzene rings is 2. The van der Waals surface area contributed by atoms with Crippen LogP contribution in [0.25, 0.3) is 5.57 Å². The van der Waals surface area contributed by atoms with Gasteiger partial charge in [-0.1, -0.05) is 25.1 Å². The third-order valence-electron chi connectivity index (χ3n) is 5.04. The summed E-state index contributed by atoms with van der Waals surface area (Å²) in [4.78, 5) is 31.7. The highest BCUT2D eigenvalue weighted by molar-refractivity contribution is 6.36. The Kier molecular flexibility index (Phi) is 6.44. The maximum atomic E-state index is 13.7. The first-order valence-electron chi connectivity index (χ1n) is 10.4. The van der Waals surface area contributed by atoms with E-state index in [-0.39, 0.29) is 23.5 Å². The van der Waals surface area contributed by atoms with Gasteiger partial charge in [0.05, 0.1) is 18.7 Å². The van der Waals surface area contributed by atoms with Gasteiger partial charge in [-0.3, -0.25) is 19.5 Å². The molecule has 0 atom stereocenters. The molecule has 4 rings (SSSR count). The van der Waals surface area contributed by atoms with E-state index in [9.17, 15) is 18.4 Å². The Hall–Kier alpha value is -4.07. The minimum absolute atomic E-state index is 0.0166. The van der Waals surface area contributed by atoms with Crippen molar-refractivity contribution in [2.45, 2.75) is 19.9 Å². The van der Waals surface area contributed by atoms with E-state index in [1.54, 1.807) is 48.8 Å². The fourth-order valence-electron chi connectivity index (χ4n) is 3.43. The molecule has 1 aliphatic heterocycles. The topological polar surface area (TPSA) is 71.5 Å². The number of pyridine rings is 1. The highest BCUT2D eigenvalue weighted by Crippen LogP contribution is 2.32. The van der Waals surface area contributed by atoms with Gasteiger partial charge >= 0.3 is 0 Å². The van der Waals surface area contributed by atoms with E-state index in [2.05, 4.69) is 10.3 Å². The lowest BCUT2D eigenvalue weighted by atomic mass is 10.0. The maximum Gasteiger partial charge on any atom is 0.278 e. The number of carbonyl (C=O) groups excluding carboxylic acids is 2. The van der Waals surface area contributed by atoms with Crippen LogP contribution in [0.1, 0.15) is 24.5 Å². The lowest BCUT2D eigenvalue weighted by Gasteiger charge is -2.15. The predicted molar refractivity (Wildman–Crippen MR) is 119 cm³/mol. The summed E-state index contributed by atoms with van der Waals surface area (Å²) in [5, 5.41) is 2.82. The van der Waals surface area contributed by atoms with Crippen molar-refractivity contribution in [3.8, 4) is 5.75 Å². The van der Waals surface area contributed by atoms with Gasteiger partial charge < -0.3 is 10.1 Å². The first-order valence-corrected chi connectivity index (χ1v) is 10.4. The molecule has 1 aliphatic rings. The summed E-state index contributed by atoms with van der Waals surface area (Å²) in [5.74, 6) is -2.51. The molecule has 33 heavy (non-hydrogen) atoms. The van der Waals surface area contributed by atoms with Crippen LogP contribution in [0, 0.1) is 11.6 Å². The molecule has 2 aromatic carbocycles. The number of hydrogen-bond acceptors (Lipinski definition) is 5. The number of rotatable bonds is 8. The third kappa shape index (κ3) is 4.74. The van der Waals surface area contributed by atoms with Gasteiger partial charge in [0.25, 0.3) is 11.8 Å². The van der Waals surface area contributed by atoms with E-state index in [0.717, 1.165) is 23.5 Å². The quantitative estimate of drug-likeness (QED) is 0.511. The average molecular weight is 449 g/mol. The van der Waals surface area contributed by atoms with Crippen LogP contribution in [0.2, 0.25) is 0 Å². The molecular formula is C25H21F2N3O3. The Bertz CT molecular complexity index is 1210. The highest BCUT2D eigenvalue weighted by Gasteiger charge is 2.39. The summed E-state index contributed by atoms with van der Waals surface area (Å²) in [7, 11) is 0. The van der Waals surface area contributed by atoms with E-state index < -0.39 is 23.4 Å². The molecule has 168 valence electrons. The number of halogens is 2. The van der Waals surface area contributed by atoms with Gasteiger partial charge in [0, 0.05) is 24.1 Å². The van der Waals surface area contributed by atoms with E-state index >= 15 is 0 Å². The van der Waals surface area contributed by atoms with Crippen molar-refractivity contribution < 1.29 is 23.1 Å². The Morgan fingerprint density at radius 3 is 2.45 bits per heavy atom. The zero-order chi connectivity index (χ0) is 23.4. The molecule has 0 bridgehead atoms. The second kappa shape index (κ2) is 9.60. The maximum absolute atomic E-state index is 13.7. The SMILES string of the molecule is CCCOc1ccc(C2=C(Nc3ccc(F)c(F)c3)C(=O)N(Cc3cccnc3)C2=O)cc1. The summed E-state index contributed by atoms with van der Waals surface area (Å²) in [6.07, 6.45) is 4.02. The minimum atomic E-state index is -1.07. The monoisotopic (exact) mass is 449 g/mol. The highest BCUT2D eigenvalue weighted by atomic mass is 19.2. The molecule has 0 spiro atoms. The second-order valence-corrected chi connectivity index (χ2v) is 7.43. The van der Waals surface area contributed by atoms with Gasteiger partial charge in [0.15, 0.2) is 11.6 Å². The summed E-state index contributed by atoms with van der Waals surface area (Å²) < 4.78 is 32.7. The summed E-state index contributed by atoms with van der Waals surface area (Å²) in [6, 6.07) is 13.5. The van der Waals surface area contributed by atoms with Gasteiger partial charge in [0.1, 0.15) is 11.4 Å². The van der Waals surface area contributed by atoms with Crippen LogP contribution < -0.4 is 10.1 Å². The largest absolute Gasteiger partial charge is 0.494 e. The number of nitrogens with one attached hydrogen (secondary N) is 1. The molecule has 8 heteroatoms. The smallest absolute Gasteiger partial charge is 0.278 e. The van der Waals surface area contributed by atoms with Crippen LogP contribution in [0.15, 0.2) is 72.7 Å². The van der Waals surface area contributed by atoms with Crippen LogP contribution in [-0.2, 0) is 16.1 Å². The number of hydrogen-bond donors (Lipinski definition) is 1. The number of aromatic nitrogens is 1. The Balaban J connectivity index is 1.71. The van der Waals surface area contributed by atoms with Crippen molar-refractivity contribution in [3.63, 3.8) is 0 Å². The fraction of sp³-hybridized carbons (Fsp3) is 0.160. The summed E-state index contributed by atoms with van der Waals surface area (Å²) in [6.45, 7) is 2.58. The molecule has 0 unspecified atom stereocenters. The number of amides is 2. The number of anilines is 1. The Morgan fingerprint density at radius 1 is 1.00 bits per heavy atom. The third-order valence-corrected chi connectivity index (χ3v) is 5.04. The van der Waals surface area contributed by atoms with Crippen LogP contribution >= 0.6 is 0 Å². The molecular weight excluding hydrogens is 428 g/mol. The standard InChI is InChI=1S/C25H21F2N3O3/c1-2-12-33-19-8-5-17(6-9-19)22-23(29-18-7-10-20(26)21(27)13-18)25(32)30(24(22)31)15-16-4-3-11-28-14-16/h3-11,13-14,29H,2,12,15H2,1H3. The number of imide groups is 1. The molecule has 1 aromatic heterocycles.